The zero-order valence-corrected chi connectivity index (χ0v) is 14.2. The van der Waals surface area contributed by atoms with Gasteiger partial charge in [0.25, 0.3) is 0 Å². The SMILES string of the molecule is Cc1ccccc1-c1noc(C(C)N2CCCS(=O)(=O)CC2)n1. The predicted octanol–water partition coefficient (Wildman–Crippen LogP) is 2.23. The van der Waals surface area contributed by atoms with E-state index in [9.17, 15) is 8.42 Å². The molecule has 6 nitrogen and oxygen atoms in total. The van der Waals surface area contributed by atoms with E-state index >= 15 is 0 Å². The highest BCUT2D eigenvalue weighted by Gasteiger charge is 2.26. The maximum atomic E-state index is 11.7. The molecule has 0 bridgehead atoms. The van der Waals surface area contributed by atoms with E-state index in [1.807, 2.05) is 38.1 Å². The number of aryl methyl sites for hydroxylation is 1. The molecule has 1 atom stereocenters. The van der Waals surface area contributed by atoms with Crippen molar-refractivity contribution in [2.45, 2.75) is 26.3 Å². The van der Waals surface area contributed by atoms with Crippen molar-refractivity contribution in [2.24, 2.45) is 0 Å². The lowest BCUT2D eigenvalue weighted by Crippen LogP contribution is -2.30. The maximum Gasteiger partial charge on any atom is 0.244 e. The highest BCUT2D eigenvalue weighted by atomic mass is 32.2. The Kier molecular flexibility index (Phi) is 4.50. The second-order valence-electron chi connectivity index (χ2n) is 5.99. The van der Waals surface area contributed by atoms with Gasteiger partial charge in [-0.05, 0) is 32.4 Å². The first-order valence-electron chi connectivity index (χ1n) is 7.80. The second kappa shape index (κ2) is 6.41. The zero-order valence-electron chi connectivity index (χ0n) is 13.4. The number of nitrogens with zero attached hydrogens (tertiary/aromatic N) is 3. The molecule has 0 amide bonds. The van der Waals surface area contributed by atoms with Crippen molar-refractivity contribution >= 4 is 9.84 Å². The first-order valence-corrected chi connectivity index (χ1v) is 9.62. The first-order chi connectivity index (χ1) is 11.0. The zero-order chi connectivity index (χ0) is 16.4. The summed E-state index contributed by atoms with van der Waals surface area (Å²) in [5, 5.41) is 4.08. The van der Waals surface area contributed by atoms with E-state index in [0.717, 1.165) is 17.7 Å². The molecule has 1 aliphatic heterocycles. The number of hydrogen-bond donors (Lipinski definition) is 0. The van der Waals surface area contributed by atoms with Crippen LogP contribution in [0.25, 0.3) is 11.4 Å². The largest absolute Gasteiger partial charge is 0.337 e. The molecule has 23 heavy (non-hydrogen) atoms. The van der Waals surface area contributed by atoms with Gasteiger partial charge in [-0.3, -0.25) is 4.90 Å². The van der Waals surface area contributed by atoms with Crippen LogP contribution in [0.2, 0.25) is 0 Å². The van der Waals surface area contributed by atoms with E-state index < -0.39 is 9.84 Å². The quantitative estimate of drug-likeness (QED) is 0.856. The highest BCUT2D eigenvalue weighted by molar-refractivity contribution is 7.91. The summed E-state index contributed by atoms with van der Waals surface area (Å²) in [6.07, 6.45) is 0.644. The van der Waals surface area contributed by atoms with Gasteiger partial charge in [-0.2, -0.15) is 4.98 Å². The molecule has 1 aromatic carbocycles. The van der Waals surface area contributed by atoms with Gasteiger partial charge in [0.05, 0.1) is 17.5 Å². The Morgan fingerprint density at radius 2 is 2.00 bits per heavy atom. The fourth-order valence-corrected chi connectivity index (χ4v) is 4.13. The number of hydrogen-bond acceptors (Lipinski definition) is 6. The molecule has 1 saturated heterocycles. The van der Waals surface area contributed by atoms with Crippen molar-refractivity contribution in [2.75, 3.05) is 24.6 Å². The molecule has 3 rings (SSSR count). The van der Waals surface area contributed by atoms with E-state index in [0.29, 0.717) is 24.7 Å². The van der Waals surface area contributed by atoms with Crippen molar-refractivity contribution in [3.05, 3.63) is 35.7 Å². The van der Waals surface area contributed by atoms with Crippen molar-refractivity contribution in [1.82, 2.24) is 15.0 Å². The minimum atomic E-state index is -2.92. The molecule has 1 aliphatic rings. The molecule has 0 aliphatic carbocycles. The Hall–Kier alpha value is -1.73. The molecule has 1 unspecified atom stereocenters. The van der Waals surface area contributed by atoms with E-state index in [1.165, 1.54) is 0 Å². The summed E-state index contributed by atoms with van der Waals surface area (Å²) in [7, 11) is -2.92. The number of sulfone groups is 1. The summed E-state index contributed by atoms with van der Waals surface area (Å²) < 4.78 is 28.9. The van der Waals surface area contributed by atoms with Gasteiger partial charge >= 0.3 is 0 Å². The van der Waals surface area contributed by atoms with Crippen LogP contribution in [0.1, 0.15) is 30.8 Å². The molecule has 0 N–H and O–H groups in total. The van der Waals surface area contributed by atoms with Gasteiger partial charge in [-0.1, -0.05) is 29.4 Å². The number of rotatable bonds is 3. The van der Waals surface area contributed by atoms with Crippen LogP contribution < -0.4 is 0 Å². The first kappa shape index (κ1) is 16.1. The van der Waals surface area contributed by atoms with Crippen molar-refractivity contribution in [3.8, 4) is 11.4 Å². The average Bonchev–Trinajstić information content (AvgIpc) is 2.92. The fraction of sp³-hybridized carbons (Fsp3) is 0.500. The molecule has 2 heterocycles. The second-order valence-corrected chi connectivity index (χ2v) is 8.29. The number of benzene rings is 1. The van der Waals surface area contributed by atoms with Gasteiger partial charge < -0.3 is 4.52 Å². The summed E-state index contributed by atoms with van der Waals surface area (Å²) in [4.78, 5) is 6.61. The summed E-state index contributed by atoms with van der Waals surface area (Å²) in [6, 6.07) is 7.80. The molecule has 1 fully saturated rings. The Balaban J connectivity index is 1.79. The van der Waals surface area contributed by atoms with E-state index in [-0.39, 0.29) is 17.5 Å². The van der Waals surface area contributed by atoms with Gasteiger partial charge in [0, 0.05) is 12.1 Å². The van der Waals surface area contributed by atoms with Crippen LogP contribution in [0.5, 0.6) is 0 Å². The van der Waals surface area contributed by atoms with Crippen LogP contribution in [-0.2, 0) is 9.84 Å². The molecule has 124 valence electrons. The summed E-state index contributed by atoms with van der Waals surface area (Å²) in [5.41, 5.74) is 2.04. The average molecular weight is 335 g/mol. The molecule has 7 heteroatoms. The fourth-order valence-electron chi connectivity index (χ4n) is 2.84. The van der Waals surface area contributed by atoms with Crippen molar-refractivity contribution in [3.63, 3.8) is 0 Å². The molecular weight excluding hydrogens is 314 g/mol. The highest BCUT2D eigenvalue weighted by Crippen LogP contribution is 2.25. The lowest BCUT2D eigenvalue weighted by molar-refractivity contribution is 0.185. The summed E-state index contributed by atoms with van der Waals surface area (Å²) >= 11 is 0. The minimum absolute atomic E-state index is 0.0893. The molecule has 0 saturated carbocycles. The Bertz CT molecular complexity index is 785. The third kappa shape index (κ3) is 3.61. The van der Waals surface area contributed by atoms with Gasteiger partial charge in [0.15, 0.2) is 9.84 Å². The number of aromatic nitrogens is 2. The summed E-state index contributed by atoms with van der Waals surface area (Å²) in [6.45, 7) is 5.22. The molecule has 2 aromatic rings. The van der Waals surface area contributed by atoms with Gasteiger partial charge in [0.1, 0.15) is 0 Å². The minimum Gasteiger partial charge on any atom is -0.337 e. The van der Waals surface area contributed by atoms with E-state index in [1.54, 1.807) is 0 Å². The maximum absolute atomic E-state index is 11.7. The van der Waals surface area contributed by atoms with Crippen LogP contribution in [0.4, 0.5) is 0 Å². The third-order valence-electron chi connectivity index (χ3n) is 4.32. The standard InChI is InChI=1S/C16H21N3O3S/c1-12-6-3-4-7-14(12)15-17-16(22-18-15)13(2)19-8-5-10-23(20,21)11-9-19/h3-4,6-7,13H,5,8-11H2,1-2H3. The van der Waals surface area contributed by atoms with Crippen LogP contribution in [0.3, 0.4) is 0 Å². The molecule has 0 radical (unpaired) electrons. The molecular formula is C16H21N3O3S. The van der Waals surface area contributed by atoms with Crippen LogP contribution in [-0.4, -0.2) is 48.1 Å². The van der Waals surface area contributed by atoms with Crippen LogP contribution >= 0.6 is 0 Å². The van der Waals surface area contributed by atoms with Crippen LogP contribution in [0, 0.1) is 6.92 Å². The monoisotopic (exact) mass is 335 g/mol. The molecule has 1 aromatic heterocycles. The van der Waals surface area contributed by atoms with E-state index in [4.69, 9.17) is 4.52 Å². The molecule has 0 spiro atoms. The normalized spacial score (nSPS) is 20.1. The van der Waals surface area contributed by atoms with Gasteiger partial charge in [-0.15, -0.1) is 0 Å². The predicted molar refractivity (Wildman–Crippen MR) is 87.7 cm³/mol. The van der Waals surface area contributed by atoms with Crippen molar-refractivity contribution in [1.29, 1.82) is 0 Å². The Labute approximate surface area is 136 Å². The lowest BCUT2D eigenvalue weighted by Gasteiger charge is -2.23. The van der Waals surface area contributed by atoms with Crippen molar-refractivity contribution < 1.29 is 12.9 Å². The van der Waals surface area contributed by atoms with Crippen LogP contribution in [0.15, 0.2) is 28.8 Å². The summed E-state index contributed by atoms with van der Waals surface area (Å²) in [5.74, 6) is 1.56. The third-order valence-corrected chi connectivity index (χ3v) is 6.04. The Morgan fingerprint density at radius 3 is 2.78 bits per heavy atom. The van der Waals surface area contributed by atoms with Gasteiger partial charge in [0.2, 0.25) is 11.7 Å². The van der Waals surface area contributed by atoms with Gasteiger partial charge in [-0.25, -0.2) is 8.42 Å². The Morgan fingerprint density at radius 1 is 1.22 bits per heavy atom. The topological polar surface area (TPSA) is 76.3 Å². The lowest BCUT2D eigenvalue weighted by atomic mass is 10.1. The smallest absolute Gasteiger partial charge is 0.244 e. The van der Waals surface area contributed by atoms with E-state index in [2.05, 4.69) is 15.0 Å².